The van der Waals surface area contributed by atoms with Crippen LogP contribution in [0, 0.1) is 6.57 Å². The van der Waals surface area contributed by atoms with Crippen LogP contribution >= 0.6 is 0 Å². The van der Waals surface area contributed by atoms with Crippen LogP contribution in [0.3, 0.4) is 0 Å². The summed E-state index contributed by atoms with van der Waals surface area (Å²) in [5, 5.41) is 0. The van der Waals surface area contributed by atoms with E-state index in [1.54, 1.807) is 0 Å². The van der Waals surface area contributed by atoms with Crippen LogP contribution in [-0.4, -0.2) is 6.04 Å². The van der Waals surface area contributed by atoms with E-state index in [9.17, 15) is 0 Å². The molecule has 0 N–H and O–H groups in total. The lowest BCUT2D eigenvalue weighted by molar-refractivity contribution is 0.866. The molecule has 0 rings (SSSR count). The van der Waals surface area contributed by atoms with Crippen molar-refractivity contribution in [3.8, 4) is 0 Å². The minimum absolute atomic E-state index is 0.153. The summed E-state index contributed by atoms with van der Waals surface area (Å²) in [6.45, 7) is 12.7. The first kappa shape index (κ1) is 8.23. The number of hydrogen-bond donors (Lipinski definition) is 0. The fraction of sp³-hybridized carbons (Fsp3) is 0.625. The molecular formula is C8H13N. The molecule has 0 aromatic rings. The monoisotopic (exact) mass is 123 g/mol. The van der Waals surface area contributed by atoms with Crippen molar-refractivity contribution in [2.45, 2.75) is 33.2 Å². The quantitative estimate of drug-likeness (QED) is 0.393. The van der Waals surface area contributed by atoms with Crippen molar-refractivity contribution in [3.63, 3.8) is 0 Å². The fourth-order valence-corrected chi connectivity index (χ4v) is 0.459. The molecule has 1 heteroatoms. The van der Waals surface area contributed by atoms with Gasteiger partial charge in [0.1, 0.15) is 0 Å². The van der Waals surface area contributed by atoms with E-state index < -0.39 is 0 Å². The Morgan fingerprint density at radius 3 is 2.56 bits per heavy atom. The van der Waals surface area contributed by atoms with Crippen LogP contribution < -0.4 is 0 Å². The van der Waals surface area contributed by atoms with Crippen molar-refractivity contribution < 1.29 is 0 Å². The topological polar surface area (TPSA) is 4.36 Å². The largest absolute Gasteiger partial charge is 0.314 e. The lowest BCUT2D eigenvalue weighted by Gasteiger charge is -1.91. The van der Waals surface area contributed by atoms with E-state index in [-0.39, 0.29) is 6.04 Å². The second kappa shape index (κ2) is 4.14. The molecule has 0 aromatic carbocycles. The highest BCUT2D eigenvalue weighted by molar-refractivity contribution is 4.96. The lowest BCUT2D eigenvalue weighted by Crippen LogP contribution is -1.90. The van der Waals surface area contributed by atoms with Crippen LogP contribution in [0.2, 0.25) is 0 Å². The Morgan fingerprint density at radius 2 is 2.22 bits per heavy atom. The first-order chi connectivity index (χ1) is 4.16. The molecule has 9 heavy (non-hydrogen) atoms. The van der Waals surface area contributed by atoms with E-state index >= 15 is 0 Å². The molecule has 1 unspecified atom stereocenters. The molecule has 0 aliphatic carbocycles. The maximum atomic E-state index is 6.65. The molecule has 0 aliphatic heterocycles. The minimum atomic E-state index is 0.153. The van der Waals surface area contributed by atoms with E-state index in [2.05, 4.69) is 24.8 Å². The molecule has 0 amide bonds. The Bertz CT molecular complexity index is 135. The Hall–Kier alpha value is -0.770. The zero-order valence-corrected chi connectivity index (χ0v) is 6.31. The number of hydrogen-bond acceptors (Lipinski definition) is 0. The Balaban J connectivity index is 3.53. The van der Waals surface area contributed by atoms with Gasteiger partial charge >= 0.3 is 0 Å². The summed E-state index contributed by atoms with van der Waals surface area (Å²) < 4.78 is 0. The predicted octanol–water partition coefficient (Wildman–Crippen LogP) is 2.65. The van der Waals surface area contributed by atoms with Crippen LogP contribution in [-0.2, 0) is 0 Å². The fourth-order valence-electron chi connectivity index (χ4n) is 0.459. The number of rotatable bonds is 2. The normalized spacial score (nSPS) is 11.8. The molecule has 0 aliphatic rings. The molecule has 1 nitrogen and oxygen atoms in total. The standard InChI is InChI=1S/C8H13N/c1-7(2)5-6-8(3)9-4/h5,8H,6H2,1-3H3. The van der Waals surface area contributed by atoms with Crippen LogP contribution in [0.5, 0.6) is 0 Å². The molecule has 0 fully saturated rings. The van der Waals surface area contributed by atoms with Gasteiger partial charge in [0.25, 0.3) is 0 Å². The number of nitrogens with zero attached hydrogens (tertiary/aromatic N) is 1. The van der Waals surface area contributed by atoms with Gasteiger partial charge in [-0.15, -0.1) is 0 Å². The maximum absolute atomic E-state index is 6.65. The molecule has 0 radical (unpaired) electrons. The van der Waals surface area contributed by atoms with Gasteiger partial charge in [0.05, 0.1) is 0 Å². The highest BCUT2D eigenvalue weighted by atomic mass is 14.7. The summed E-state index contributed by atoms with van der Waals surface area (Å²) in [5.41, 5.74) is 1.30. The second-order valence-electron chi connectivity index (χ2n) is 2.50. The Morgan fingerprint density at radius 1 is 1.67 bits per heavy atom. The Kier molecular flexibility index (Phi) is 3.79. The van der Waals surface area contributed by atoms with Crippen molar-refractivity contribution in [1.29, 1.82) is 0 Å². The van der Waals surface area contributed by atoms with E-state index in [1.165, 1.54) is 5.57 Å². The number of allylic oxidation sites excluding steroid dienone is 1. The van der Waals surface area contributed by atoms with Gasteiger partial charge < -0.3 is 4.85 Å². The maximum Gasteiger partial charge on any atom is 0.224 e. The highest BCUT2D eigenvalue weighted by Gasteiger charge is 1.98. The summed E-state index contributed by atoms with van der Waals surface area (Å²) in [7, 11) is 0. The third kappa shape index (κ3) is 5.10. The summed E-state index contributed by atoms with van der Waals surface area (Å²) in [4.78, 5) is 3.37. The lowest BCUT2D eigenvalue weighted by atomic mass is 10.2. The summed E-state index contributed by atoms with van der Waals surface area (Å²) in [6, 6.07) is 0.153. The summed E-state index contributed by atoms with van der Waals surface area (Å²) in [5.74, 6) is 0. The summed E-state index contributed by atoms with van der Waals surface area (Å²) in [6.07, 6.45) is 2.99. The van der Waals surface area contributed by atoms with Gasteiger partial charge in [-0.2, -0.15) is 0 Å². The van der Waals surface area contributed by atoms with Crippen molar-refractivity contribution in [1.82, 2.24) is 0 Å². The average Bonchev–Trinajstić information content (AvgIpc) is 1.83. The van der Waals surface area contributed by atoms with Gasteiger partial charge in [-0.3, -0.25) is 0 Å². The first-order valence-corrected chi connectivity index (χ1v) is 3.16. The van der Waals surface area contributed by atoms with Crippen LogP contribution in [0.25, 0.3) is 4.85 Å². The smallest absolute Gasteiger partial charge is 0.224 e. The molecule has 0 bridgehead atoms. The third-order valence-corrected chi connectivity index (χ3v) is 1.09. The third-order valence-electron chi connectivity index (χ3n) is 1.09. The second-order valence-corrected chi connectivity index (χ2v) is 2.50. The van der Waals surface area contributed by atoms with Gasteiger partial charge in [0.2, 0.25) is 6.04 Å². The Labute approximate surface area is 57.2 Å². The molecule has 0 saturated heterocycles. The van der Waals surface area contributed by atoms with Crippen LogP contribution in [0.4, 0.5) is 0 Å². The molecular weight excluding hydrogens is 110 g/mol. The van der Waals surface area contributed by atoms with Crippen molar-refractivity contribution >= 4 is 0 Å². The van der Waals surface area contributed by atoms with Gasteiger partial charge in [0.15, 0.2) is 0 Å². The highest BCUT2D eigenvalue weighted by Crippen LogP contribution is 2.00. The molecule has 50 valence electrons. The van der Waals surface area contributed by atoms with E-state index in [0.29, 0.717) is 0 Å². The van der Waals surface area contributed by atoms with Crippen molar-refractivity contribution in [2.75, 3.05) is 0 Å². The zero-order chi connectivity index (χ0) is 7.28. The first-order valence-electron chi connectivity index (χ1n) is 3.16. The van der Waals surface area contributed by atoms with Crippen molar-refractivity contribution in [2.24, 2.45) is 0 Å². The molecule has 0 spiro atoms. The molecule has 0 saturated carbocycles. The van der Waals surface area contributed by atoms with E-state index in [4.69, 9.17) is 6.57 Å². The van der Waals surface area contributed by atoms with Gasteiger partial charge in [-0.05, 0) is 13.8 Å². The van der Waals surface area contributed by atoms with Gasteiger partial charge in [-0.25, -0.2) is 6.57 Å². The van der Waals surface area contributed by atoms with Crippen LogP contribution in [0.1, 0.15) is 27.2 Å². The van der Waals surface area contributed by atoms with Crippen LogP contribution in [0.15, 0.2) is 11.6 Å². The van der Waals surface area contributed by atoms with Gasteiger partial charge in [0, 0.05) is 13.3 Å². The SMILES string of the molecule is [C-]#[N+]C(C)CC=C(C)C. The molecule has 0 aromatic heterocycles. The molecule has 1 atom stereocenters. The zero-order valence-electron chi connectivity index (χ0n) is 6.31. The molecule has 0 heterocycles. The minimum Gasteiger partial charge on any atom is -0.314 e. The predicted molar refractivity (Wildman–Crippen MR) is 40.1 cm³/mol. The average molecular weight is 123 g/mol. The summed E-state index contributed by atoms with van der Waals surface area (Å²) >= 11 is 0. The van der Waals surface area contributed by atoms with Gasteiger partial charge in [-0.1, -0.05) is 11.6 Å². The van der Waals surface area contributed by atoms with E-state index in [1.807, 2.05) is 6.92 Å². The van der Waals surface area contributed by atoms with Crippen molar-refractivity contribution in [3.05, 3.63) is 23.1 Å². The van der Waals surface area contributed by atoms with E-state index in [0.717, 1.165) is 6.42 Å².